The van der Waals surface area contributed by atoms with Crippen molar-refractivity contribution in [2.24, 2.45) is 0 Å². The van der Waals surface area contributed by atoms with Crippen LogP contribution in [0.3, 0.4) is 0 Å². The van der Waals surface area contributed by atoms with Gasteiger partial charge in [0.05, 0.1) is 5.69 Å². The van der Waals surface area contributed by atoms with Crippen molar-refractivity contribution in [3.05, 3.63) is 71.4 Å². The van der Waals surface area contributed by atoms with Gasteiger partial charge in [-0.3, -0.25) is 0 Å². The number of thiophene rings is 1. The summed E-state index contributed by atoms with van der Waals surface area (Å²) in [5.41, 5.74) is 1.75. The lowest BCUT2D eigenvalue weighted by molar-refractivity contribution is 0.0690. The average Bonchev–Trinajstić information content (AvgIpc) is 3.08. The fourth-order valence-electron chi connectivity index (χ4n) is 1.99. The SMILES string of the molecule is O=C(O)c1cccc(COc2ccc(-c3cccs3)cc2)n1. The second-order valence-electron chi connectivity index (χ2n) is 4.61. The zero-order chi connectivity index (χ0) is 15.4. The highest BCUT2D eigenvalue weighted by Crippen LogP contribution is 2.26. The lowest BCUT2D eigenvalue weighted by atomic mass is 10.2. The summed E-state index contributed by atoms with van der Waals surface area (Å²) in [5.74, 6) is -0.315. The minimum atomic E-state index is -1.04. The predicted molar refractivity (Wildman–Crippen MR) is 85.3 cm³/mol. The van der Waals surface area contributed by atoms with Crippen molar-refractivity contribution in [2.45, 2.75) is 6.61 Å². The van der Waals surface area contributed by atoms with Crippen molar-refractivity contribution in [3.8, 4) is 16.2 Å². The minimum Gasteiger partial charge on any atom is -0.487 e. The second-order valence-corrected chi connectivity index (χ2v) is 5.56. The summed E-state index contributed by atoms with van der Waals surface area (Å²) in [6.07, 6.45) is 0. The molecule has 0 aliphatic carbocycles. The number of carboxylic acid groups (broad SMARTS) is 1. The molecule has 1 N–H and O–H groups in total. The first kappa shape index (κ1) is 14.3. The van der Waals surface area contributed by atoms with Gasteiger partial charge in [-0.2, -0.15) is 0 Å². The summed E-state index contributed by atoms with van der Waals surface area (Å²) < 4.78 is 5.65. The van der Waals surface area contributed by atoms with Crippen LogP contribution in [0.4, 0.5) is 0 Å². The molecule has 3 aromatic rings. The highest BCUT2D eigenvalue weighted by molar-refractivity contribution is 7.13. The van der Waals surface area contributed by atoms with Gasteiger partial charge in [0.25, 0.3) is 0 Å². The van der Waals surface area contributed by atoms with Gasteiger partial charge in [-0.1, -0.05) is 12.1 Å². The Morgan fingerprint density at radius 1 is 1.09 bits per heavy atom. The summed E-state index contributed by atoms with van der Waals surface area (Å²) in [6.45, 7) is 0.236. The van der Waals surface area contributed by atoms with Crippen LogP contribution >= 0.6 is 11.3 Å². The lowest BCUT2D eigenvalue weighted by Gasteiger charge is -2.07. The van der Waals surface area contributed by atoms with Crippen molar-refractivity contribution >= 4 is 17.3 Å². The normalized spacial score (nSPS) is 10.4. The first-order chi connectivity index (χ1) is 10.7. The molecule has 5 heteroatoms. The van der Waals surface area contributed by atoms with Crippen LogP contribution in [0.25, 0.3) is 10.4 Å². The predicted octanol–water partition coefficient (Wildman–Crippen LogP) is 4.09. The summed E-state index contributed by atoms with van der Waals surface area (Å²) in [5, 5.41) is 11.0. The first-order valence-electron chi connectivity index (χ1n) is 6.68. The number of carbonyl (C=O) groups is 1. The van der Waals surface area contributed by atoms with Crippen molar-refractivity contribution in [2.75, 3.05) is 0 Å². The summed E-state index contributed by atoms with van der Waals surface area (Å²) in [6, 6.07) is 16.8. The van der Waals surface area contributed by atoms with Gasteiger partial charge in [0.1, 0.15) is 18.1 Å². The topological polar surface area (TPSA) is 59.4 Å². The Bertz CT molecular complexity index is 767. The van der Waals surface area contributed by atoms with Crippen molar-refractivity contribution in [1.82, 2.24) is 4.98 Å². The average molecular weight is 311 g/mol. The Morgan fingerprint density at radius 3 is 2.59 bits per heavy atom. The monoisotopic (exact) mass is 311 g/mol. The summed E-state index contributed by atoms with van der Waals surface area (Å²) in [7, 11) is 0. The van der Waals surface area contributed by atoms with Crippen LogP contribution in [0.5, 0.6) is 5.75 Å². The molecule has 110 valence electrons. The van der Waals surface area contributed by atoms with Gasteiger partial charge in [0, 0.05) is 4.88 Å². The maximum atomic E-state index is 10.9. The van der Waals surface area contributed by atoms with Gasteiger partial charge >= 0.3 is 5.97 Å². The molecular weight excluding hydrogens is 298 g/mol. The molecule has 4 nitrogen and oxygen atoms in total. The Morgan fingerprint density at radius 2 is 1.91 bits per heavy atom. The molecule has 3 rings (SSSR count). The maximum Gasteiger partial charge on any atom is 0.354 e. The van der Waals surface area contributed by atoms with Crippen LogP contribution in [-0.2, 0) is 6.61 Å². The maximum absolute atomic E-state index is 10.9. The molecular formula is C17H13NO3S. The molecule has 0 spiro atoms. The van der Waals surface area contributed by atoms with E-state index in [1.807, 2.05) is 35.7 Å². The molecule has 0 saturated carbocycles. The van der Waals surface area contributed by atoms with Crippen molar-refractivity contribution in [3.63, 3.8) is 0 Å². The number of ether oxygens (including phenoxy) is 1. The minimum absolute atomic E-state index is 0.0224. The van der Waals surface area contributed by atoms with Crippen LogP contribution in [0.1, 0.15) is 16.2 Å². The fraction of sp³-hybridized carbons (Fsp3) is 0.0588. The number of aromatic nitrogens is 1. The third-order valence-corrected chi connectivity index (χ3v) is 3.99. The van der Waals surface area contributed by atoms with Crippen molar-refractivity contribution in [1.29, 1.82) is 0 Å². The lowest BCUT2D eigenvalue weighted by Crippen LogP contribution is -2.04. The highest BCUT2D eigenvalue weighted by atomic mass is 32.1. The van der Waals surface area contributed by atoms with E-state index in [4.69, 9.17) is 9.84 Å². The van der Waals surface area contributed by atoms with Gasteiger partial charge in [-0.25, -0.2) is 9.78 Å². The van der Waals surface area contributed by atoms with E-state index in [1.165, 1.54) is 10.9 Å². The van der Waals surface area contributed by atoms with Crippen LogP contribution in [0, 0.1) is 0 Å². The summed E-state index contributed by atoms with van der Waals surface area (Å²) in [4.78, 5) is 16.1. The molecule has 22 heavy (non-hydrogen) atoms. The van der Waals surface area contributed by atoms with E-state index in [-0.39, 0.29) is 12.3 Å². The van der Waals surface area contributed by atoms with Crippen molar-refractivity contribution < 1.29 is 14.6 Å². The fourth-order valence-corrected chi connectivity index (χ4v) is 2.73. The number of benzene rings is 1. The van der Waals surface area contributed by atoms with E-state index in [9.17, 15) is 4.79 Å². The number of hydrogen-bond donors (Lipinski definition) is 1. The van der Waals surface area contributed by atoms with Crippen LogP contribution < -0.4 is 4.74 Å². The molecule has 1 aromatic carbocycles. The smallest absolute Gasteiger partial charge is 0.354 e. The van der Waals surface area contributed by atoms with E-state index in [0.717, 1.165) is 11.3 Å². The number of hydrogen-bond acceptors (Lipinski definition) is 4. The molecule has 0 radical (unpaired) electrons. The molecule has 0 fully saturated rings. The standard InChI is InChI=1S/C17H13NO3S/c19-17(20)15-4-1-3-13(18-15)11-21-14-8-6-12(7-9-14)16-5-2-10-22-16/h1-10H,11H2,(H,19,20). The van der Waals surface area contributed by atoms with Gasteiger partial charge in [-0.15, -0.1) is 11.3 Å². The molecule has 0 saturated heterocycles. The van der Waals surface area contributed by atoms with E-state index in [2.05, 4.69) is 11.1 Å². The summed E-state index contributed by atoms with van der Waals surface area (Å²) >= 11 is 1.69. The van der Waals surface area contributed by atoms with E-state index in [0.29, 0.717) is 5.69 Å². The molecule has 0 aliphatic rings. The molecule has 0 atom stereocenters. The Balaban J connectivity index is 1.66. The second kappa shape index (κ2) is 6.41. The zero-order valence-corrected chi connectivity index (χ0v) is 12.4. The number of nitrogens with zero attached hydrogens (tertiary/aromatic N) is 1. The molecule has 0 aliphatic heterocycles. The Hall–Kier alpha value is -2.66. The third-order valence-electron chi connectivity index (χ3n) is 3.07. The molecule has 2 heterocycles. The van der Waals surface area contributed by atoms with Crippen LogP contribution in [0.2, 0.25) is 0 Å². The zero-order valence-electron chi connectivity index (χ0n) is 11.6. The van der Waals surface area contributed by atoms with Crippen LogP contribution in [0.15, 0.2) is 60.0 Å². The van der Waals surface area contributed by atoms with Gasteiger partial charge in [0.2, 0.25) is 0 Å². The highest BCUT2D eigenvalue weighted by Gasteiger charge is 2.06. The number of carboxylic acids is 1. The number of aromatic carboxylic acids is 1. The van der Waals surface area contributed by atoms with Gasteiger partial charge < -0.3 is 9.84 Å². The van der Waals surface area contributed by atoms with Gasteiger partial charge in [-0.05, 0) is 53.4 Å². The molecule has 0 unspecified atom stereocenters. The molecule has 2 aromatic heterocycles. The Labute approximate surface area is 131 Å². The third kappa shape index (κ3) is 3.32. The van der Waals surface area contributed by atoms with E-state index in [1.54, 1.807) is 23.5 Å². The largest absolute Gasteiger partial charge is 0.487 e. The number of rotatable bonds is 5. The van der Waals surface area contributed by atoms with E-state index >= 15 is 0 Å². The quantitative estimate of drug-likeness (QED) is 0.771. The number of pyridine rings is 1. The van der Waals surface area contributed by atoms with Crippen LogP contribution in [-0.4, -0.2) is 16.1 Å². The first-order valence-corrected chi connectivity index (χ1v) is 7.56. The molecule has 0 bridgehead atoms. The van der Waals surface area contributed by atoms with Gasteiger partial charge in [0.15, 0.2) is 0 Å². The van der Waals surface area contributed by atoms with E-state index < -0.39 is 5.97 Å². The Kier molecular flexibility index (Phi) is 4.16. The molecule has 0 amide bonds.